The third-order valence-electron chi connectivity index (χ3n) is 5.17. The van der Waals surface area contributed by atoms with Gasteiger partial charge >= 0.3 is 5.97 Å². The van der Waals surface area contributed by atoms with E-state index in [1.165, 1.54) is 6.07 Å². The Morgan fingerprint density at radius 1 is 1.35 bits per heavy atom. The number of rotatable bonds is 4. The summed E-state index contributed by atoms with van der Waals surface area (Å²) in [6.45, 7) is 3.05. The fraction of sp³-hybridized carbons (Fsp3) is 0.421. The summed E-state index contributed by atoms with van der Waals surface area (Å²) < 4.78 is 15.6. The number of hydrogen-bond donors (Lipinski definition) is 1. The monoisotopic (exact) mass is 357 g/mol. The second-order valence-corrected chi connectivity index (χ2v) is 7.15. The fourth-order valence-electron chi connectivity index (χ4n) is 3.44. The van der Waals surface area contributed by atoms with Crippen molar-refractivity contribution in [1.29, 1.82) is 0 Å². The van der Waals surface area contributed by atoms with Gasteiger partial charge in [0, 0.05) is 36.3 Å². The molecular formula is C19H20FN3O3. The van der Waals surface area contributed by atoms with Gasteiger partial charge in [0.15, 0.2) is 5.69 Å². The summed E-state index contributed by atoms with van der Waals surface area (Å²) in [5.41, 5.74) is 2.29. The standard InChI is InChI=1S/C19H20FN3O3/c1-11-2-5-13(8-15(11)20)18(24)22-7-6-16-14(10-22)17(19(25)26)21-23(16)9-12-3-4-12/h2,5,8,12H,3-4,6-7,9-10H2,1H3,(H,25,26). The number of carboxylic acid groups (broad SMARTS) is 1. The number of amides is 1. The van der Waals surface area contributed by atoms with E-state index in [-0.39, 0.29) is 23.7 Å². The van der Waals surface area contributed by atoms with Crippen molar-refractivity contribution in [2.75, 3.05) is 6.54 Å². The van der Waals surface area contributed by atoms with E-state index in [2.05, 4.69) is 5.10 Å². The summed E-state index contributed by atoms with van der Waals surface area (Å²) in [6.07, 6.45) is 2.86. The van der Waals surface area contributed by atoms with E-state index < -0.39 is 11.8 Å². The van der Waals surface area contributed by atoms with Crippen LogP contribution in [-0.2, 0) is 19.5 Å². The molecule has 2 aromatic rings. The summed E-state index contributed by atoms with van der Waals surface area (Å²) >= 11 is 0. The van der Waals surface area contributed by atoms with Crippen molar-refractivity contribution < 1.29 is 19.1 Å². The van der Waals surface area contributed by atoms with E-state index in [9.17, 15) is 19.1 Å². The molecule has 7 heteroatoms. The van der Waals surface area contributed by atoms with E-state index in [4.69, 9.17) is 0 Å². The Balaban J connectivity index is 1.62. The molecule has 1 fully saturated rings. The van der Waals surface area contributed by atoms with Gasteiger partial charge in [0.05, 0.1) is 6.54 Å². The first kappa shape index (κ1) is 16.8. The van der Waals surface area contributed by atoms with Crippen molar-refractivity contribution >= 4 is 11.9 Å². The van der Waals surface area contributed by atoms with Crippen LogP contribution >= 0.6 is 0 Å². The molecule has 1 amide bonds. The SMILES string of the molecule is Cc1ccc(C(=O)N2CCc3c(c(C(=O)O)nn3CC3CC3)C2)cc1F. The molecular weight excluding hydrogens is 337 g/mol. The minimum Gasteiger partial charge on any atom is -0.476 e. The van der Waals surface area contributed by atoms with E-state index in [0.29, 0.717) is 30.0 Å². The molecule has 1 aliphatic heterocycles. The minimum absolute atomic E-state index is 0.0215. The van der Waals surface area contributed by atoms with Gasteiger partial charge in [-0.2, -0.15) is 5.10 Å². The second-order valence-electron chi connectivity index (χ2n) is 7.15. The fourth-order valence-corrected chi connectivity index (χ4v) is 3.44. The Morgan fingerprint density at radius 2 is 2.12 bits per heavy atom. The zero-order valence-corrected chi connectivity index (χ0v) is 14.5. The van der Waals surface area contributed by atoms with Gasteiger partial charge in [-0.25, -0.2) is 9.18 Å². The maximum absolute atomic E-state index is 13.8. The quantitative estimate of drug-likeness (QED) is 0.913. The van der Waals surface area contributed by atoms with Gasteiger partial charge in [-0.15, -0.1) is 0 Å². The number of nitrogens with zero attached hydrogens (tertiary/aromatic N) is 3. The summed E-state index contributed by atoms with van der Waals surface area (Å²) in [5, 5.41) is 13.8. The highest BCUT2D eigenvalue weighted by Gasteiger charge is 2.32. The van der Waals surface area contributed by atoms with Gasteiger partial charge in [-0.05, 0) is 43.4 Å². The third-order valence-corrected chi connectivity index (χ3v) is 5.17. The lowest BCUT2D eigenvalue weighted by Crippen LogP contribution is -2.36. The lowest BCUT2D eigenvalue weighted by Gasteiger charge is -2.28. The normalized spacial score (nSPS) is 16.5. The maximum atomic E-state index is 13.8. The third kappa shape index (κ3) is 2.98. The van der Waals surface area contributed by atoms with Crippen molar-refractivity contribution in [2.24, 2.45) is 5.92 Å². The average molecular weight is 357 g/mol. The lowest BCUT2D eigenvalue weighted by atomic mass is 10.0. The van der Waals surface area contributed by atoms with Crippen LogP contribution in [0.25, 0.3) is 0 Å². The van der Waals surface area contributed by atoms with E-state index >= 15 is 0 Å². The summed E-state index contributed by atoms with van der Waals surface area (Å²) in [6, 6.07) is 4.42. The van der Waals surface area contributed by atoms with Crippen molar-refractivity contribution in [1.82, 2.24) is 14.7 Å². The van der Waals surface area contributed by atoms with Crippen LogP contribution in [0.15, 0.2) is 18.2 Å². The van der Waals surface area contributed by atoms with Crippen molar-refractivity contribution in [2.45, 2.75) is 39.3 Å². The van der Waals surface area contributed by atoms with Crippen LogP contribution in [0, 0.1) is 18.7 Å². The van der Waals surface area contributed by atoms with E-state index in [1.54, 1.807) is 24.0 Å². The van der Waals surface area contributed by atoms with Gasteiger partial charge in [-0.3, -0.25) is 9.48 Å². The summed E-state index contributed by atoms with van der Waals surface area (Å²) in [5.74, 6) is -1.21. The molecule has 26 heavy (non-hydrogen) atoms. The van der Waals surface area contributed by atoms with Crippen molar-refractivity contribution in [3.05, 3.63) is 52.1 Å². The molecule has 1 saturated carbocycles. The molecule has 0 atom stereocenters. The Labute approximate surface area is 150 Å². The number of fused-ring (bicyclic) bond motifs is 1. The second kappa shape index (κ2) is 6.23. The summed E-state index contributed by atoms with van der Waals surface area (Å²) in [4.78, 5) is 25.9. The van der Waals surface area contributed by atoms with Crippen LogP contribution < -0.4 is 0 Å². The largest absolute Gasteiger partial charge is 0.476 e. The van der Waals surface area contributed by atoms with Crippen LogP contribution in [0.5, 0.6) is 0 Å². The first-order chi connectivity index (χ1) is 12.4. The molecule has 1 aliphatic carbocycles. The number of benzene rings is 1. The zero-order chi connectivity index (χ0) is 18.4. The Bertz CT molecular complexity index is 902. The number of aryl methyl sites for hydroxylation is 1. The number of halogens is 1. The topological polar surface area (TPSA) is 75.4 Å². The molecule has 4 rings (SSSR count). The number of carboxylic acids is 1. The summed E-state index contributed by atoms with van der Waals surface area (Å²) in [7, 11) is 0. The number of carbonyl (C=O) groups excluding carboxylic acids is 1. The first-order valence-electron chi connectivity index (χ1n) is 8.81. The number of hydrogen-bond acceptors (Lipinski definition) is 3. The first-order valence-corrected chi connectivity index (χ1v) is 8.81. The molecule has 2 aliphatic rings. The molecule has 0 radical (unpaired) electrons. The van der Waals surface area contributed by atoms with E-state index in [1.807, 2.05) is 4.68 Å². The number of aromatic nitrogens is 2. The highest BCUT2D eigenvalue weighted by Crippen LogP contribution is 2.33. The molecule has 0 spiro atoms. The number of carbonyl (C=O) groups is 2. The Kier molecular flexibility index (Phi) is 4.01. The minimum atomic E-state index is -1.08. The molecule has 0 unspecified atom stereocenters. The highest BCUT2D eigenvalue weighted by molar-refractivity contribution is 5.95. The maximum Gasteiger partial charge on any atom is 0.356 e. The molecule has 0 saturated heterocycles. The smallest absolute Gasteiger partial charge is 0.356 e. The van der Waals surface area contributed by atoms with Gasteiger partial charge in [0.25, 0.3) is 5.91 Å². The van der Waals surface area contributed by atoms with Crippen molar-refractivity contribution in [3.8, 4) is 0 Å². The molecule has 1 N–H and O–H groups in total. The predicted octanol–water partition coefficient (Wildman–Crippen LogP) is 2.64. The Morgan fingerprint density at radius 3 is 2.77 bits per heavy atom. The van der Waals surface area contributed by atoms with Crippen LogP contribution in [-0.4, -0.2) is 38.2 Å². The van der Waals surface area contributed by atoms with Crippen LogP contribution in [0.4, 0.5) is 4.39 Å². The number of aromatic carboxylic acids is 1. The van der Waals surface area contributed by atoms with Crippen LogP contribution in [0.2, 0.25) is 0 Å². The predicted molar refractivity (Wildman–Crippen MR) is 91.5 cm³/mol. The lowest BCUT2D eigenvalue weighted by molar-refractivity contribution is 0.0674. The molecule has 6 nitrogen and oxygen atoms in total. The van der Waals surface area contributed by atoms with Crippen LogP contribution in [0.3, 0.4) is 0 Å². The molecule has 1 aromatic carbocycles. The zero-order valence-electron chi connectivity index (χ0n) is 14.5. The molecule has 2 heterocycles. The average Bonchev–Trinajstić information content (AvgIpc) is 3.36. The van der Waals surface area contributed by atoms with Gasteiger partial charge in [0.2, 0.25) is 0 Å². The molecule has 136 valence electrons. The van der Waals surface area contributed by atoms with Gasteiger partial charge in [0.1, 0.15) is 5.82 Å². The molecule has 0 bridgehead atoms. The van der Waals surface area contributed by atoms with Crippen LogP contribution in [0.1, 0.15) is 50.5 Å². The highest BCUT2D eigenvalue weighted by atomic mass is 19.1. The molecule has 1 aromatic heterocycles. The van der Waals surface area contributed by atoms with Gasteiger partial charge in [-0.1, -0.05) is 6.07 Å². The van der Waals surface area contributed by atoms with Gasteiger partial charge < -0.3 is 10.0 Å². The van der Waals surface area contributed by atoms with E-state index in [0.717, 1.165) is 25.1 Å². The Hall–Kier alpha value is -2.70. The van der Waals surface area contributed by atoms with Crippen molar-refractivity contribution in [3.63, 3.8) is 0 Å².